The zero-order valence-electron chi connectivity index (χ0n) is 13.3. The van der Waals surface area contributed by atoms with Crippen LogP contribution in [0.4, 0.5) is 5.82 Å². The second-order valence-electron chi connectivity index (χ2n) is 5.68. The predicted molar refractivity (Wildman–Crippen MR) is 92.3 cm³/mol. The first-order chi connectivity index (χ1) is 10.2. The van der Waals surface area contributed by atoms with E-state index in [9.17, 15) is 4.79 Å². The molecule has 0 saturated carbocycles. The number of rotatable bonds is 6. The SMILES string of the molecule is CCCC(N)C(=O)NCc1ccnc(N2CCCCC2)c1.Cl. The van der Waals surface area contributed by atoms with Crippen LogP contribution < -0.4 is 16.0 Å². The van der Waals surface area contributed by atoms with Crippen molar-refractivity contribution in [3.8, 4) is 0 Å². The summed E-state index contributed by atoms with van der Waals surface area (Å²) in [6, 6.07) is 3.61. The molecule has 2 rings (SSSR count). The Morgan fingerprint density at radius 1 is 1.41 bits per heavy atom. The van der Waals surface area contributed by atoms with Crippen molar-refractivity contribution < 1.29 is 4.79 Å². The molecule has 1 unspecified atom stereocenters. The van der Waals surface area contributed by atoms with Gasteiger partial charge in [0.05, 0.1) is 6.04 Å². The van der Waals surface area contributed by atoms with Crippen LogP contribution in [-0.2, 0) is 11.3 Å². The normalized spacial score (nSPS) is 15.8. The van der Waals surface area contributed by atoms with Crippen LogP contribution in [0.25, 0.3) is 0 Å². The third-order valence-electron chi connectivity index (χ3n) is 3.89. The lowest BCUT2D eigenvalue weighted by Crippen LogP contribution is -2.40. The number of hydrogen-bond donors (Lipinski definition) is 2. The van der Waals surface area contributed by atoms with Crippen molar-refractivity contribution in [1.29, 1.82) is 0 Å². The molecule has 3 N–H and O–H groups in total. The van der Waals surface area contributed by atoms with Crippen molar-refractivity contribution >= 4 is 24.1 Å². The number of aromatic nitrogens is 1. The van der Waals surface area contributed by atoms with E-state index in [1.165, 1.54) is 19.3 Å². The summed E-state index contributed by atoms with van der Waals surface area (Å²) in [6.07, 6.45) is 7.23. The fourth-order valence-electron chi connectivity index (χ4n) is 2.63. The number of nitrogens with zero attached hydrogens (tertiary/aromatic N) is 2. The Morgan fingerprint density at radius 2 is 2.14 bits per heavy atom. The number of amides is 1. The molecule has 1 aromatic rings. The molecule has 5 nitrogen and oxygen atoms in total. The van der Waals surface area contributed by atoms with Crippen LogP contribution in [-0.4, -0.2) is 30.0 Å². The average molecular weight is 327 g/mol. The minimum Gasteiger partial charge on any atom is -0.357 e. The monoisotopic (exact) mass is 326 g/mol. The predicted octanol–water partition coefficient (Wildman–Crippen LogP) is 2.24. The molecule has 1 amide bonds. The molecule has 0 radical (unpaired) electrons. The van der Waals surface area contributed by atoms with E-state index < -0.39 is 6.04 Å². The van der Waals surface area contributed by atoms with E-state index in [-0.39, 0.29) is 18.3 Å². The van der Waals surface area contributed by atoms with Gasteiger partial charge in [0.15, 0.2) is 0 Å². The summed E-state index contributed by atoms with van der Waals surface area (Å²) in [5.41, 5.74) is 6.88. The quantitative estimate of drug-likeness (QED) is 0.841. The van der Waals surface area contributed by atoms with Gasteiger partial charge >= 0.3 is 0 Å². The molecule has 1 saturated heterocycles. The minimum atomic E-state index is -0.404. The van der Waals surface area contributed by atoms with Crippen molar-refractivity contribution in [2.24, 2.45) is 5.73 Å². The topological polar surface area (TPSA) is 71.2 Å². The summed E-state index contributed by atoms with van der Waals surface area (Å²) >= 11 is 0. The number of pyridine rings is 1. The molecule has 1 aliphatic rings. The fourth-order valence-corrected chi connectivity index (χ4v) is 2.63. The lowest BCUT2D eigenvalue weighted by molar-refractivity contribution is -0.122. The molecule has 0 spiro atoms. The Labute approximate surface area is 139 Å². The molecule has 124 valence electrons. The summed E-state index contributed by atoms with van der Waals surface area (Å²) in [4.78, 5) is 18.6. The van der Waals surface area contributed by atoms with E-state index in [1.807, 2.05) is 19.2 Å². The van der Waals surface area contributed by atoms with E-state index in [0.29, 0.717) is 6.54 Å². The van der Waals surface area contributed by atoms with Gasteiger partial charge in [-0.05, 0) is 43.4 Å². The molecule has 6 heteroatoms. The number of halogens is 1. The number of carbonyl (C=O) groups excluding carboxylic acids is 1. The van der Waals surface area contributed by atoms with Crippen molar-refractivity contribution in [2.45, 2.75) is 51.6 Å². The highest BCUT2D eigenvalue weighted by atomic mass is 35.5. The van der Waals surface area contributed by atoms with Crippen LogP contribution in [0, 0.1) is 0 Å². The first-order valence-electron chi connectivity index (χ1n) is 7.94. The number of piperidine rings is 1. The second-order valence-corrected chi connectivity index (χ2v) is 5.68. The molecule has 1 aromatic heterocycles. The van der Waals surface area contributed by atoms with Crippen LogP contribution in [0.2, 0.25) is 0 Å². The maximum Gasteiger partial charge on any atom is 0.237 e. The minimum absolute atomic E-state index is 0. The Balaban J connectivity index is 0.00000242. The lowest BCUT2D eigenvalue weighted by atomic mass is 10.1. The smallest absolute Gasteiger partial charge is 0.237 e. The van der Waals surface area contributed by atoms with Gasteiger partial charge < -0.3 is 16.0 Å². The van der Waals surface area contributed by atoms with Crippen LogP contribution in [0.5, 0.6) is 0 Å². The Morgan fingerprint density at radius 3 is 2.82 bits per heavy atom. The number of nitrogens with two attached hydrogens (primary N) is 1. The van der Waals surface area contributed by atoms with E-state index >= 15 is 0 Å². The molecule has 1 aliphatic heterocycles. The summed E-state index contributed by atoms with van der Waals surface area (Å²) in [5, 5.41) is 2.90. The van der Waals surface area contributed by atoms with Crippen LogP contribution in [0.3, 0.4) is 0 Å². The van der Waals surface area contributed by atoms with Gasteiger partial charge in [0, 0.05) is 25.8 Å². The van der Waals surface area contributed by atoms with Gasteiger partial charge in [-0.2, -0.15) is 0 Å². The summed E-state index contributed by atoms with van der Waals surface area (Å²) < 4.78 is 0. The third kappa shape index (κ3) is 5.46. The molecule has 0 bridgehead atoms. The first-order valence-corrected chi connectivity index (χ1v) is 7.94. The number of hydrogen-bond acceptors (Lipinski definition) is 4. The highest BCUT2D eigenvalue weighted by Gasteiger charge is 2.14. The molecule has 1 fully saturated rings. The van der Waals surface area contributed by atoms with Gasteiger partial charge in [-0.25, -0.2) is 4.98 Å². The molecule has 1 atom stereocenters. The number of anilines is 1. The maximum absolute atomic E-state index is 11.8. The molecule has 22 heavy (non-hydrogen) atoms. The fraction of sp³-hybridized carbons (Fsp3) is 0.625. The summed E-state index contributed by atoms with van der Waals surface area (Å²) in [5.74, 6) is 0.937. The second kappa shape index (κ2) is 9.64. The highest BCUT2D eigenvalue weighted by Crippen LogP contribution is 2.18. The van der Waals surface area contributed by atoms with Crippen LogP contribution >= 0.6 is 12.4 Å². The largest absolute Gasteiger partial charge is 0.357 e. The van der Waals surface area contributed by atoms with Crippen LogP contribution in [0.15, 0.2) is 18.3 Å². The van der Waals surface area contributed by atoms with Crippen molar-refractivity contribution in [2.75, 3.05) is 18.0 Å². The molecule has 0 aromatic carbocycles. The van der Waals surface area contributed by atoms with Gasteiger partial charge in [-0.1, -0.05) is 13.3 Å². The zero-order valence-corrected chi connectivity index (χ0v) is 14.1. The maximum atomic E-state index is 11.8. The van der Waals surface area contributed by atoms with E-state index in [1.54, 1.807) is 0 Å². The summed E-state index contributed by atoms with van der Waals surface area (Å²) in [7, 11) is 0. The molecule has 2 heterocycles. The van der Waals surface area contributed by atoms with E-state index in [0.717, 1.165) is 37.3 Å². The Hall–Kier alpha value is -1.33. The van der Waals surface area contributed by atoms with E-state index in [4.69, 9.17) is 5.73 Å². The highest BCUT2D eigenvalue weighted by molar-refractivity contribution is 5.85. The van der Waals surface area contributed by atoms with Gasteiger partial charge in [-0.3, -0.25) is 4.79 Å². The van der Waals surface area contributed by atoms with Crippen LogP contribution in [0.1, 0.15) is 44.6 Å². The Bertz CT molecular complexity index is 463. The number of carbonyl (C=O) groups is 1. The average Bonchev–Trinajstić information content (AvgIpc) is 2.54. The summed E-state index contributed by atoms with van der Waals surface area (Å²) in [6.45, 7) is 4.69. The van der Waals surface area contributed by atoms with Crippen molar-refractivity contribution in [3.05, 3.63) is 23.9 Å². The lowest BCUT2D eigenvalue weighted by Gasteiger charge is -2.28. The van der Waals surface area contributed by atoms with Gasteiger partial charge in [0.2, 0.25) is 5.91 Å². The zero-order chi connectivity index (χ0) is 15.1. The van der Waals surface area contributed by atoms with Crippen molar-refractivity contribution in [3.63, 3.8) is 0 Å². The van der Waals surface area contributed by atoms with Crippen molar-refractivity contribution in [1.82, 2.24) is 10.3 Å². The molecule has 0 aliphatic carbocycles. The third-order valence-corrected chi connectivity index (χ3v) is 3.89. The molecular weight excluding hydrogens is 300 g/mol. The Kier molecular flexibility index (Phi) is 8.20. The van der Waals surface area contributed by atoms with Gasteiger partial charge in [-0.15, -0.1) is 12.4 Å². The standard InChI is InChI=1S/C16H26N4O.ClH/c1-2-6-14(17)16(21)19-12-13-7-8-18-15(11-13)20-9-4-3-5-10-20;/h7-8,11,14H,2-6,9-10,12,17H2,1H3,(H,19,21);1H. The number of nitrogens with one attached hydrogen (secondary N) is 1. The van der Waals surface area contributed by atoms with Gasteiger partial charge in [0.25, 0.3) is 0 Å². The van der Waals surface area contributed by atoms with Gasteiger partial charge in [0.1, 0.15) is 5.82 Å². The molecular formula is C16H27ClN4O. The first kappa shape index (κ1) is 18.7. The van der Waals surface area contributed by atoms with E-state index in [2.05, 4.69) is 21.3 Å².